The Morgan fingerprint density at radius 3 is 2.68 bits per heavy atom. The van der Waals surface area contributed by atoms with Crippen LogP contribution in [0, 0.1) is 0 Å². The first-order valence-electron chi connectivity index (χ1n) is 9.25. The van der Waals surface area contributed by atoms with Crippen LogP contribution in [0.1, 0.15) is 52.9 Å². The third-order valence-electron chi connectivity index (χ3n) is 4.37. The number of nitrogens with zero attached hydrogens (tertiary/aromatic N) is 2. The topological polar surface area (TPSA) is 90.9 Å². The minimum atomic E-state index is -2.96. The first-order valence-corrected chi connectivity index (χ1v) is 11.3. The number of hydrogen-bond acceptors (Lipinski definition) is 4. The number of piperidine rings is 1. The predicted octanol–water partition coefficient (Wildman–Crippen LogP) is 1.16. The van der Waals surface area contributed by atoms with Crippen molar-refractivity contribution in [1.29, 1.82) is 0 Å². The van der Waals surface area contributed by atoms with E-state index in [1.807, 2.05) is 18.7 Å². The maximum atomic E-state index is 12.3. The molecule has 146 valence electrons. The minimum absolute atomic E-state index is 0.00894. The van der Waals surface area contributed by atoms with Gasteiger partial charge in [0.1, 0.15) is 9.84 Å². The standard InChI is InChI=1S/C17H34N4O3S/c1-5-18-17(20-14(2)10-13-25(4,23)24)19-11-9-16(22)21-12-7-6-8-15(21)3/h14-15H,5-13H2,1-4H3,(H2,18,19,20). The van der Waals surface area contributed by atoms with E-state index in [0.717, 1.165) is 19.4 Å². The molecule has 0 aliphatic carbocycles. The van der Waals surface area contributed by atoms with E-state index in [-0.39, 0.29) is 17.7 Å². The van der Waals surface area contributed by atoms with Gasteiger partial charge in [-0.3, -0.25) is 9.79 Å². The van der Waals surface area contributed by atoms with Gasteiger partial charge in [0.25, 0.3) is 0 Å². The van der Waals surface area contributed by atoms with E-state index in [9.17, 15) is 13.2 Å². The van der Waals surface area contributed by atoms with Gasteiger partial charge in [0.05, 0.1) is 12.3 Å². The highest BCUT2D eigenvalue weighted by molar-refractivity contribution is 7.90. The fourth-order valence-corrected chi connectivity index (χ4v) is 3.67. The fourth-order valence-electron chi connectivity index (χ4n) is 2.89. The zero-order chi connectivity index (χ0) is 18.9. The maximum Gasteiger partial charge on any atom is 0.224 e. The summed E-state index contributed by atoms with van der Waals surface area (Å²) in [6.07, 6.45) is 5.53. The molecule has 0 aromatic rings. The number of nitrogens with one attached hydrogen (secondary N) is 2. The molecular formula is C17H34N4O3S. The molecule has 1 fully saturated rings. The second-order valence-corrected chi connectivity index (χ2v) is 9.17. The van der Waals surface area contributed by atoms with Crippen LogP contribution in [0.5, 0.6) is 0 Å². The summed E-state index contributed by atoms with van der Waals surface area (Å²) in [6, 6.07) is 0.318. The van der Waals surface area contributed by atoms with Crippen molar-refractivity contribution in [1.82, 2.24) is 15.5 Å². The summed E-state index contributed by atoms with van der Waals surface area (Å²) in [7, 11) is -2.96. The van der Waals surface area contributed by atoms with E-state index in [1.165, 1.54) is 12.7 Å². The number of aliphatic imine (C=N–C) groups is 1. The molecule has 1 saturated heterocycles. The van der Waals surface area contributed by atoms with E-state index in [2.05, 4.69) is 22.5 Å². The van der Waals surface area contributed by atoms with E-state index in [4.69, 9.17) is 0 Å². The second-order valence-electron chi connectivity index (χ2n) is 6.91. The number of rotatable bonds is 8. The third-order valence-corrected chi connectivity index (χ3v) is 5.35. The molecule has 0 saturated carbocycles. The Balaban J connectivity index is 2.47. The van der Waals surface area contributed by atoms with Gasteiger partial charge in [-0.2, -0.15) is 0 Å². The van der Waals surface area contributed by atoms with Gasteiger partial charge >= 0.3 is 0 Å². The van der Waals surface area contributed by atoms with Crippen LogP contribution in [0.4, 0.5) is 0 Å². The van der Waals surface area contributed by atoms with E-state index in [1.54, 1.807) is 0 Å². The van der Waals surface area contributed by atoms with Crippen molar-refractivity contribution >= 4 is 21.7 Å². The van der Waals surface area contributed by atoms with Crippen LogP contribution in [0.3, 0.4) is 0 Å². The zero-order valence-corrected chi connectivity index (χ0v) is 16.9. The van der Waals surface area contributed by atoms with Gasteiger partial charge in [-0.25, -0.2) is 8.42 Å². The molecule has 0 radical (unpaired) electrons. The quantitative estimate of drug-likeness (QED) is 0.491. The Morgan fingerprint density at radius 1 is 1.36 bits per heavy atom. The SMILES string of the molecule is CCNC(=NCCC(=O)N1CCCCC1C)NC(C)CCS(C)(=O)=O. The highest BCUT2D eigenvalue weighted by Crippen LogP contribution is 2.17. The van der Waals surface area contributed by atoms with Crippen LogP contribution in [-0.4, -0.2) is 68.9 Å². The fraction of sp³-hybridized carbons (Fsp3) is 0.882. The molecule has 0 spiro atoms. The number of carbonyl (C=O) groups is 1. The average molecular weight is 375 g/mol. The molecule has 1 aliphatic rings. The summed E-state index contributed by atoms with van der Waals surface area (Å²) < 4.78 is 22.5. The van der Waals surface area contributed by atoms with E-state index < -0.39 is 9.84 Å². The molecule has 7 nitrogen and oxygen atoms in total. The van der Waals surface area contributed by atoms with Gasteiger partial charge in [0.15, 0.2) is 5.96 Å². The molecule has 2 N–H and O–H groups in total. The maximum absolute atomic E-state index is 12.3. The van der Waals surface area contributed by atoms with Crippen LogP contribution < -0.4 is 10.6 Å². The lowest BCUT2D eigenvalue weighted by molar-refractivity contribution is -0.134. The van der Waals surface area contributed by atoms with E-state index in [0.29, 0.717) is 37.9 Å². The number of likely N-dealkylation sites (tertiary alicyclic amines) is 1. The van der Waals surface area contributed by atoms with Crippen LogP contribution in [0.2, 0.25) is 0 Å². The highest BCUT2D eigenvalue weighted by Gasteiger charge is 2.22. The number of hydrogen-bond donors (Lipinski definition) is 2. The molecular weight excluding hydrogens is 340 g/mol. The monoisotopic (exact) mass is 374 g/mol. The Hall–Kier alpha value is -1.31. The highest BCUT2D eigenvalue weighted by atomic mass is 32.2. The first-order chi connectivity index (χ1) is 11.7. The van der Waals surface area contributed by atoms with Crippen LogP contribution in [0.15, 0.2) is 4.99 Å². The van der Waals surface area contributed by atoms with Crippen molar-refractivity contribution < 1.29 is 13.2 Å². The largest absolute Gasteiger partial charge is 0.357 e. The lowest BCUT2D eigenvalue weighted by atomic mass is 10.0. The molecule has 0 aromatic carbocycles. The van der Waals surface area contributed by atoms with Gasteiger partial charge in [0, 0.05) is 37.8 Å². The van der Waals surface area contributed by atoms with Gasteiger partial charge in [-0.1, -0.05) is 0 Å². The summed E-state index contributed by atoms with van der Waals surface area (Å²) in [5.74, 6) is 0.936. The minimum Gasteiger partial charge on any atom is -0.357 e. The Bertz CT molecular complexity index is 548. The van der Waals surface area contributed by atoms with Gasteiger partial charge in [-0.05, 0) is 46.5 Å². The molecule has 1 heterocycles. The average Bonchev–Trinajstić information content (AvgIpc) is 2.52. The van der Waals surface area contributed by atoms with E-state index >= 15 is 0 Å². The number of guanidine groups is 1. The van der Waals surface area contributed by atoms with Crippen LogP contribution in [0.25, 0.3) is 0 Å². The molecule has 8 heteroatoms. The van der Waals surface area contributed by atoms with Crippen molar-refractivity contribution in [3.05, 3.63) is 0 Å². The Labute approximate surface area is 152 Å². The molecule has 1 aliphatic heterocycles. The third kappa shape index (κ3) is 9.09. The molecule has 1 rings (SSSR count). The molecule has 2 unspecified atom stereocenters. The van der Waals surface area contributed by atoms with Crippen molar-refractivity contribution in [3.63, 3.8) is 0 Å². The lowest BCUT2D eigenvalue weighted by Crippen LogP contribution is -2.43. The van der Waals surface area contributed by atoms with Crippen LogP contribution >= 0.6 is 0 Å². The molecule has 2 atom stereocenters. The van der Waals surface area contributed by atoms with Crippen molar-refractivity contribution in [3.8, 4) is 0 Å². The summed E-state index contributed by atoms with van der Waals surface area (Å²) in [5, 5.41) is 6.34. The normalized spacial score (nSPS) is 20.2. The molecule has 0 bridgehead atoms. The smallest absolute Gasteiger partial charge is 0.224 e. The second kappa shape index (κ2) is 10.6. The number of amides is 1. The van der Waals surface area contributed by atoms with Gasteiger partial charge in [0.2, 0.25) is 5.91 Å². The summed E-state index contributed by atoms with van der Waals surface area (Å²) in [5.41, 5.74) is 0. The van der Waals surface area contributed by atoms with Crippen LogP contribution in [-0.2, 0) is 14.6 Å². The summed E-state index contributed by atoms with van der Waals surface area (Å²) >= 11 is 0. The number of carbonyl (C=O) groups excluding carboxylic acids is 1. The van der Waals surface area contributed by atoms with Crippen molar-refractivity contribution in [2.75, 3.05) is 31.6 Å². The zero-order valence-electron chi connectivity index (χ0n) is 16.0. The first kappa shape index (κ1) is 21.7. The van der Waals surface area contributed by atoms with Crippen molar-refractivity contribution in [2.45, 2.75) is 65.0 Å². The molecule has 1 amide bonds. The number of sulfone groups is 1. The summed E-state index contributed by atoms with van der Waals surface area (Å²) in [6.45, 7) is 8.00. The van der Waals surface area contributed by atoms with Crippen molar-refractivity contribution in [2.24, 2.45) is 4.99 Å². The van der Waals surface area contributed by atoms with Gasteiger partial charge < -0.3 is 15.5 Å². The molecule has 25 heavy (non-hydrogen) atoms. The Kier molecular flexibility index (Phi) is 9.24. The Morgan fingerprint density at radius 2 is 2.08 bits per heavy atom. The lowest BCUT2D eigenvalue weighted by Gasteiger charge is -2.33. The van der Waals surface area contributed by atoms with Gasteiger partial charge in [-0.15, -0.1) is 0 Å². The predicted molar refractivity (Wildman–Crippen MR) is 103 cm³/mol. The molecule has 0 aromatic heterocycles. The summed E-state index contributed by atoms with van der Waals surface area (Å²) in [4.78, 5) is 18.8.